The predicted octanol–water partition coefficient (Wildman–Crippen LogP) is 2.38. The minimum Gasteiger partial charge on any atom is -0.494 e. The summed E-state index contributed by atoms with van der Waals surface area (Å²) in [5.74, 6) is 1.34. The van der Waals surface area contributed by atoms with E-state index in [0.29, 0.717) is 24.2 Å². The predicted molar refractivity (Wildman–Crippen MR) is 75.9 cm³/mol. The van der Waals surface area contributed by atoms with Crippen LogP contribution in [0, 0.1) is 5.92 Å². The number of nitrogens with one attached hydrogen (secondary N) is 1. The Morgan fingerprint density at radius 1 is 1.40 bits per heavy atom. The third-order valence-corrected chi connectivity index (χ3v) is 4.17. The molecule has 3 rings (SSSR count). The van der Waals surface area contributed by atoms with Crippen molar-refractivity contribution in [2.24, 2.45) is 5.92 Å². The molecule has 1 heterocycles. The van der Waals surface area contributed by atoms with E-state index in [2.05, 4.69) is 12.2 Å². The molecule has 1 saturated heterocycles. The molecule has 1 saturated carbocycles. The zero-order chi connectivity index (χ0) is 13.9. The van der Waals surface area contributed by atoms with E-state index in [1.807, 2.05) is 24.3 Å². The topological polar surface area (TPSA) is 47.6 Å². The summed E-state index contributed by atoms with van der Waals surface area (Å²) in [6.07, 6.45) is 3.38. The number of hydrogen-bond acceptors (Lipinski definition) is 3. The summed E-state index contributed by atoms with van der Waals surface area (Å²) in [7, 11) is 0. The lowest BCUT2D eigenvalue weighted by atomic mass is 9.76. The summed E-state index contributed by atoms with van der Waals surface area (Å²) in [6, 6.07) is 7.63. The Bertz CT molecular complexity index is 471. The fraction of sp³-hybridized carbons (Fsp3) is 0.562. The molecular weight excluding hydrogens is 254 g/mol. The van der Waals surface area contributed by atoms with Crippen molar-refractivity contribution in [3.05, 3.63) is 29.8 Å². The van der Waals surface area contributed by atoms with Gasteiger partial charge >= 0.3 is 0 Å². The van der Waals surface area contributed by atoms with Gasteiger partial charge in [-0.1, -0.05) is 6.92 Å². The van der Waals surface area contributed by atoms with E-state index in [4.69, 9.17) is 9.47 Å². The van der Waals surface area contributed by atoms with Crippen molar-refractivity contribution in [1.82, 2.24) is 5.32 Å². The van der Waals surface area contributed by atoms with Crippen LogP contribution in [0.25, 0.3) is 0 Å². The number of carbonyl (C=O) groups excluding carboxylic acids is 1. The van der Waals surface area contributed by atoms with Gasteiger partial charge in [0.1, 0.15) is 5.75 Å². The van der Waals surface area contributed by atoms with Crippen LogP contribution in [-0.2, 0) is 4.74 Å². The maximum atomic E-state index is 12.2. The molecule has 20 heavy (non-hydrogen) atoms. The van der Waals surface area contributed by atoms with Gasteiger partial charge in [0.05, 0.1) is 12.7 Å². The molecule has 2 aliphatic rings. The Morgan fingerprint density at radius 3 is 2.90 bits per heavy atom. The fourth-order valence-electron chi connectivity index (χ4n) is 2.94. The van der Waals surface area contributed by atoms with Crippen LogP contribution in [0.5, 0.6) is 5.75 Å². The van der Waals surface area contributed by atoms with Gasteiger partial charge in [0.2, 0.25) is 0 Å². The second-order valence-corrected chi connectivity index (χ2v) is 5.55. The van der Waals surface area contributed by atoms with Crippen molar-refractivity contribution in [1.29, 1.82) is 0 Å². The molecule has 1 amide bonds. The summed E-state index contributed by atoms with van der Waals surface area (Å²) < 4.78 is 11.1. The van der Waals surface area contributed by atoms with E-state index in [9.17, 15) is 4.79 Å². The monoisotopic (exact) mass is 275 g/mol. The Labute approximate surface area is 119 Å². The molecule has 1 aromatic carbocycles. The first-order valence-corrected chi connectivity index (χ1v) is 7.43. The molecule has 0 radical (unpaired) electrons. The van der Waals surface area contributed by atoms with E-state index in [0.717, 1.165) is 31.6 Å². The summed E-state index contributed by atoms with van der Waals surface area (Å²) in [4.78, 5) is 12.2. The third kappa shape index (κ3) is 2.66. The minimum absolute atomic E-state index is 0.00221. The van der Waals surface area contributed by atoms with Gasteiger partial charge in [0, 0.05) is 24.1 Å². The van der Waals surface area contributed by atoms with Crippen LogP contribution in [0.15, 0.2) is 24.3 Å². The first kappa shape index (κ1) is 13.4. The molecule has 0 aromatic heterocycles. The molecule has 0 spiro atoms. The Hall–Kier alpha value is -1.55. The summed E-state index contributed by atoms with van der Waals surface area (Å²) in [6.45, 7) is 3.61. The van der Waals surface area contributed by atoms with Crippen LogP contribution in [-0.4, -0.2) is 31.3 Å². The van der Waals surface area contributed by atoms with E-state index >= 15 is 0 Å². The number of ether oxygens (including phenoxy) is 2. The smallest absolute Gasteiger partial charge is 0.251 e. The lowest BCUT2D eigenvalue weighted by molar-refractivity contribution is 0.00810. The first-order valence-electron chi connectivity index (χ1n) is 7.43. The fourth-order valence-corrected chi connectivity index (χ4v) is 2.94. The van der Waals surface area contributed by atoms with Gasteiger partial charge in [0.25, 0.3) is 5.91 Å². The maximum absolute atomic E-state index is 12.2. The molecule has 1 N–H and O–H groups in total. The average Bonchev–Trinajstić information content (AvgIpc) is 2.84. The molecule has 1 aromatic rings. The van der Waals surface area contributed by atoms with Gasteiger partial charge < -0.3 is 14.8 Å². The van der Waals surface area contributed by atoms with E-state index in [-0.39, 0.29) is 11.9 Å². The van der Waals surface area contributed by atoms with Gasteiger partial charge in [-0.15, -0.1) is 0 Å². The van der Waals surface area contributed by atoms with Crippen LogP contribution < -0.4 is 10.1 Å². The number of carbonyl (C=O) groups is 1. The van der Waals surface area contributed by atoms with Gasteiger partial charge in [-0.05, 0) is 43.5 Å². The number of hydrogen-bond donors (Lipinski definition) is 1. The van der Waals surface area contributed by atoms with E-state index in [1.54, 1.807) is 0 Å². The molecule has 3 atom stereocenters. The molecular formula is C16H21NO3. The lowest BCUT2D eigenvalue weighted by Gasteiger charge is -2.39. The molecule has 108 valence electrons. The second kappa shape index (κ2) is 5.83. The van der Waals surface area contributed by atoms with Gasteiger partial charge in [0.15, 0.2) is 0 Å². The van der Waals surface area contributed by atoms with Crippen LogP contribution >= 0.6 is 0 Å². The van der Waals surface area contributed by atoms with Crippen molar-refractivity contribution < 1.29 is 14.3 Å². The Balaban J connectivity index is 1.54. The molecule has 2 fully saturated rings. The zero-order valence-electron chi connectivity index (χ0n) is 11.8. The van der Waals surface area contributed by atoms with E-state index < -0.39 is 0 Å². The highest BCUT2D eigenvalue weighted by Crippen LogP contribution is 2.38. The van der Waals surface area contributed by atoms with Crippen molar-refractivity contribution in [2.75, 3.05) is 13.2 Å². The minimum atomic E-state index is 0.00221. The van der Waals surface area contributed by atoms with Gasteiger partial charge in [-0.25, -0.2) is 0 Å². The highest BCUT2D eigenvalue weighted by Gasteiger charge is 2.45. The summed E-state index contributed by atoms with van der Waals surface area (Å²) >= 11 is 0. The lowest BCUT2D eigenvalue weighted by Crippen LogP contribution is -2.53. The Kier molecular flexibility index (Phi) is 3.92. The van der Waals surface area contributed by atoms with Crippen LogP contribution in [0.3, 0.4) is 0 Å². The molecule has 0 bridgehead atoms. The van der Waals surface area contributed by atoms with Crippen LogP contribution in [0.4, 0.5) is 0 Å². The Morgan fingerprint density at radius 2 is 2.20 bits per heavy atom. The molecule has 1 aliphatic heterocycles. The summed E-state index contributed by atoms with van der Waals surface area (Å²) in [5.41, 5.74) is 0.691. The van der Waals surface area contributed by atoms with E-state index in [1.165, 1.54) is 0 Å². The molecule has 1 aliphatic carbocycles. The maximum Gasteiger partial charge on any atom is 0.251 e. The standard InChI is InChI=1S/C16H21NO3/c1-2-8-19-12-5-3-11(4-6-12)16(18)17-14-10-15-13(14)7-9-20-15/h3-6,13-15H,2,7-10H2,1H3,(H,17,18)/t13-,14+,15+/m0/s1. The summed E-state index contributed by atoms with van der Waals surface area (Å²) in [5, 5.41) is 3.11. The zero-order valence-corrected chi connectivity index (χ0v) is 11.8. The van der Waals surface area contributed by atoms with Crippen molar-refractivity contribution in [3.63, 3.8) is 0 Å². The quantitative estimate of drug-likeness (QED) is 0.897. The number of amides is 1. The highest BCUT2D eigenvalue weighted by atomic mass is 16.5. The van der Waals surface area contributed by atoms with Crippen molar-refractivity contribution in [2.45, 2.75) is 38.3 Å². The van der Waals surface area contributed by atoms with Gasteiger partial charge in [-0.2, -0.15) is 0 Å². The third-order valence-electron chi connectivity index (χ3n) is 4.17. The highest BCUT2D eigenvalue weighted by molar-refractivity contribution is 5.94. The van der Waals surface area contributed by atoms with Gasteiger partial charge in [-0.3, -0.25) is 4.79 Å². The normalized spacial score (nSPS) is 27.6. The average molecular weight is 275 g/mol. The number of benzene rings is 1. The first-order chi connectivity index (χ1) is 9.78. The molecule has 0 unspecified atom stereocenters. The number of fused-ring (bicyclic) bond motifs is 1. The second-order valence-electron chi connectivity index (χ2n) is 5.55. The van der Waals surface area contributed by atoms with Crippen LogP contribution in [0.2, 0.25) is 0 Å². The number of rotatable bonds is 5. The molecule has 4 heteroatoms. The van der Waals surface area contributed by atoms with Crippen molar-refractivity contribution in [3.8, 4) is 5.75 Å². The van der Waals surface area contributed by atoms with Crippen molar-refractivity contribution >= 4 is 5.91 Å². The molecule has 4 nitrogen and oxygen atoms in total. The largest absolute Gasteiger partial charge is 0.494 e. The SMILES string of the molecule is CCCOc1ccc(C(=O)N[C@@H]2C[C@H]3OCC[C@@H]23)cc1. The van der Waals surface area contributed by atoms with Crippen LogP contribution in [0.1, 0.15) is 36.5 Å².